The number of rotatable bonds is 9. The fourth-order valence-corrected chi connectivity index (χ4v) is 4.13. The molecule has 0 unspecified atom stereocenters. The lowest BCUT2D eigenvalue weighted by Crippen LogP contribution is -2.30. The summed E-state index contributed by atoms with van der Waals surface area (Å²) in [6, 6.07) is 27.1. The zero-order chi connectivity index (χ0) is 28.5. The van der Waals surface area contributed by atoms with Crippen molar-refractivity contribution in [1.29, 1.82) is 0 Å². The van der Waals surface area contributed by atoms with Crippen molar-refractivity contribution in [3.05, 3.63) is 141 Å². The molecule has 0 spiro atoms. The number of amides is 2. The maximum absolute atomic E-state index is 13.2. The maximum atomic E-state index is 13.2. The van der Waals surface area contributed by atoms with Crippen LogP contribution in [0.2, 0.25) is 10.0 Å². The quantitative estimate of drug-likeness (QED) is 0.163. The highest BCUT2D eigenvalue weighted by Gasteiger charge is 2.15. The SMILES string of the molecule is COc1cccc(/C=C(\NC(=O)c2ccccc2)C(=O)Nc2ccc(C(=O)/C=C/c3ccc(Cl)cc3Cl)cc2)c1. The fraction of sp³-hybridized carbons (Fsp3) is 0.0312. The van der Waals surface area contributed by atoms with E-state index in [9.17, 15) is 14.4 Å². The number of allylic oxidation sites excluding steroid dienone is 1. The Bertz CT molecular complexity index is 1600. The summed E-state index contributed by atoms with van der Waals surface area (Å²) in [5, 5.41) is 6.41. The van der Waals surface area contributed by atoms with Crippen LogP contribution in [-0.4, -0.2) is 24.7 Å². The van der Waals surface area contributed by atoms with E-state index in [4.69, 9.17) is 27.9 Å². The lowest BCUT2D eigenvalue weighted by Gasteiger charge is -2.12. The van der Waals surface area contributed by atoms with Crippen molar-refractivity contribution in [3.8, 4) is 5.75 Å². The van der Waals surface area contributed by atoms with Gasteiger partial charge in [0.15, 0.2) is 5.78 Å². The highest BCUT2D eigenvalue weighted by atomic mass is 35.5. The zero-order valence-corrected chi connectivity index (χ0v) is 22.9. The largest absolute Gasteiger partial charge is 0.497 e. The number of anilines is 1. The molecule has 200 valence electrons. The van der Waals surface area contributed by atoms with Crippen LogP contribution in [0.25, 0.3) is 12.2 Å². The molecule has 0 aliphatic carbocycles. The average molecular weight is 571 g/mol. The van der Waals surface area contributed by atoms with Gasteiger partial charge in [-0.25, -0.2) is 0 Å². The number of carbonyl (C=O) groups excluding carboxylic acids is 3. The summed E-state index contributed by atoms with van der Waals surface area (Å²) in [6.45, 7) is 0. The molecule has 4 aromatic rings. The van der Waals surface area contributed by atoms with Crippen molar-refractivity contribution in [3.63, 3.8) is 0 Å². The van der Waals surface area contributed by atoms with E-state index in [0.29, 0.717) is 43.7 Å². The lowest BCUT2D eigenvalue weighted by atomic mass is 10.1. The Morgan fingerprint density at radius 2 is 1.55 bits per heavy atom. The molecular weight excluding hydrogens is 547 g/mol. The topological polar surface area (TPSA) is 84.5 Å². The number of ether oxygens (including phenoxy) is 1. The first-order valence-electron chi connectivity index (χ1n) is 12.1. The summed E-state index contributed by atoms with van der Waals surface area (Å²) in [4.78, 5) is 38.7. The van der Waals surface area contributed by atoms with E-state index in [-0.39, 0.29) is 11.5 Å². The van der Waals surface area contributed by atoms with Crippen molar-refractivity contribution in [1.82, 2.24) is 5.32 Å². The third kappa shape index (κ3) is 7.69. The van der Waals surface area contributed by atoms with E-state index in [0.717, 1.165) is 0 Å². The van der Waals surface area contributed by atoms with Gasteiger partial charge in [0.25, 0.3) is 11.8 Å². The minimum atomic E-state index is -0.538. The number of carbonyl (C=O) groups is 3. The molecule has 0 heterocycles. The zero-order valence-electron chi connectivity index (χ0n) is 21.4. The van der Waals surface area contributed by atoms with Gasteiger partial charge in [-0.2, -0.15) is 0 Å². The number of benzene rings is 4. The molecule has 0 bridgehead atoms. The van der Waals surface area contributed by atoms with Crippen LogP contribution in [0.15, 0.2) is 109 Å². The number of nitrogens with one attached hydrogen (secondary N) is 2. The van der Waals surface area contributed by atoms with Gasteiger partial charge in [0, 0.05) is 26.9 Å². The number of hydrogen-bond donors (Lipinski definition) is 2. The van der Waals surface area contributed by atoms with Gasteiger partial charge in [0.1, 0.15) is 11.4 Å². The van der Waals surface area contributed by atoms with Gasteiger partial charge in [-0.05, 0) is 90.0 Å². The molecule has 0 radical (unpaired) electrons. The Balaban J connectivity index is 1.50. The Kier molecular flexibility index (Phi) is 9.52. The molecule has 0 aliphatic rings. The molecule has 4 aromatic carbocycles. The molecule has 6 nitrogen and oxygen atoms in total. The van der Waals surface area contributed by atoms with E-state index >= 15 is 0 Å². The first kappa shape index (κ1) is 28.4. The second kappa shape index (κ2) is 13.4. The molecule has 4 rings (SSSR count). The molecule has 0 saturated heterocycles. The summed E-state index contributed by atoms with van der Waals surface area (Å²) in [5.41, 5.74) is 2.62. The Hall–Kier alpha value is -4.65. The number of ketones is 1. The minimum Gasteiger partial charge on any atom is -0.497 e. The third-order valence-corrected chi connectivity index (χ3v) is 6.30. The van der Waals surface area contributed by atoms with Crippen LogP contribution in [-0.2, 0) is 4.79 Å². The van der Waals surface area contributed by atoms with Crippen molar-refractivity contribution >= 4 is 58.6 Å². The second-order valence-corrected chi connectivity index (χ2v) is 9.39. The number of hydrogen-bond acceptors (Lipinski definition) is 4. The molecule has 0 aromatic heterocycles. The molecule has 0 aliphatic heterocycles. The predicted molar refractivity (Wildman–Crippen MR) is 160 cm³/mol. The normalized spacial score (nSPS) is 11.2. The van der Waals surface area contributed by atoms with Gasteiger partial charge in [0.2, 0.25) is 0 Å². The van der Waals surface area contributed by atoms with Crippen LogP contribution in [0.5, 0.6) is 5.75 Å². The molecule has 8 heteroatoms. The van der Waals surface area contributed by atoms with Crippen molar-refractivity contribution < 1.29 is 19.1 Å². The van der Waals surface area contributed by atoms with Crippen LogP contribution in [0.4, 0.5) is 5.69 Å². The molecule has 2 amide bonds. The van der Waals surface area contributed by atoms with Crippen molar-refractivity contribution in [2.24, 2.45) is 0 Å². The summed E-state index contributed by atoms with van der Waals surface area (Å²) in [7, 11) is 1.55. The van der Waals surface area contributed by atoms with Crippen LogP contribution in [0.3, 0.4) is 0 Å². The predicted octanol–water partition coefficient (Wildman–Crippen LogP) is 7.31. The van der Waals surface area contributed by atoms with Gasteiger partial charge >= 0.3 is 0 Å². The van der Waals surface area contributed by atoms with E-state index < -0.39 is 11.8 Å². The van der Waals surface area contributed by atoms with Crippen molar-refractivity contribution in [2.75, 3.05) is 12.4 Å². The van der Waals surface area contributed by atoms with E-state index in [2.05, 4.69) is 10.6 Å². The van der Waals surface area contributed by atoms with Crippen LogP contribution in [0.1, 0.15) is 31.8 Å². The first-order chi connectivity index (χ1) is 19.3. The van der Waals surface area contributed by atoms with Crippen LogP contribution >= 0.6 is 23.2 Å². The monoisotopic (exact) mass is 570 g/mol. The minimum absolute atomic E-state index is 0.0324. The third-order valence-electron chi connectivity index (χ3n) is 5.74. The molecule has 2 N–H and O–H groups in total. The smallest absolute Gasteiger partial charge is 0.272 e. The van der Waals surface area contributed by atoms with Gasteiger partial charge < -0.3 is 15.4 Å². The highest BCUT2D eigenvalue weighted by Crippen LogP contribution is 2.22. The summed E-state index contributed by atoms with van der Waals surface area (Å²) in [5.74, 6) is -0.602. The van der Waals surface area contributed by atoms with Gasteiger partial charge in [-0.15, -0.1) is 0 Å². The Morgan fingerprint density at radius 1 is 0.800 bits per heavy atom. The van der Waals surface area contributed by atoms with Gasteiger partial charge in [-0.1, -0.05) is 59.6 Å². The Labute approximate surface area is 241 Å². The Morgan fingerprint density at radius 3 is 2.25 bits per heavy atom. The van der Waals surface area contributed by atoms with Gasteiger partial charge in [-0.3, -0.25) is 14.4 Å². The molecular formula is C32H24Cl2N2O4. The summed E-state index contributed by atoms with van der Waals surface area (Å²) in [6.07, 6.45) is 4.59. The number of methoxy groups -OCH3 is 1. The van der Waals surface area contributed by atoms with Crippen LogP contribution in [0, 0.1) is 0 Å². The fourth-order valence-electron chi connectivity index (χ4n) is 3.65. The maximum Gasteiger partial charge on any atom is 0.272 e. The van der Waals surface area contributed by atoms with Gasteiger partial charge in [0.05, 0.1) is 7.11 Å². The van der Waals surface area contributed by atoms with E-state index in [1.807, 2.05) is 0 Å². The summed E-state index contributed by atoms with van der Waals surface area (Å²) < 4.78 is 5.27. The number of halogens is 2. The molecule has 0 atom stereocenters. The van der Waals surface area contributed by atoms with Crippen LogP contribution < -0.4 is 15.4 Å². The lowest BCUT2D eigenvalue weighted by molar-refractivity contribution is -0.113. The van der Waals surface area contributed by atoms with E-state index in [1.165, 1.54) is 6.08 Å². The molecule has 0 saturated carbocycles. The highest BCUT2D eigenvalue weighted by molar-refractivity contribution is 6.35. The molecule has 40 heavy (non-hydrogen) atoms. The average Bonchev–Trinajstić information content (AvgIpc) is 2.97. The second-order valence-electron chi connectivity index (χ2n) is 8.55. The standard InChI is InChI=1S/C32H24Cl2N2O4/c1-40-27-9-5-6-21(18-27)19-29(36-31(38)24-7-3-2-4-8-24)32(39)35-26-15-11-23(12-16-26)30(37)17-13-22-10-14-25(33)20-28(22)34/h2-20H,1H3,(H,35,39)(H,36,38)/b17-13+,29-19-. The van der Waals surface area contributed by atoms with Crippen molar-refractivity contribution in [2.45, 2.75) is 0 Å². The molecule has 0 fully saturated rings. The first-order valence-corrected chi connectivity index (χ1v) is 12.9. The summed E-state index contributed by atoms with van der Waals surface area (Å²) >= 11 is 12.1. The van der Waals surface area contributed by atoms with E-state index in [1.54, 1.807) is 116 Å².